The molecule has 3 aromatic carbocycles. The summed E-state index contributed by atoms with van der Waals surface area (Å²) >= 11 is 6.33. The zero-order chi connectivity index (χ0) is 27.6. The highest BCUT2D eigenvalue weighted by molar-refractivity contribution is 6.52. The molecule has 1 heterocycles. The zero-order valence-electron chi connectivity index (χ0n) is 20.1. The van der Waals surface area contributed by atoms with Crippen LogP contribution in [0.2, 0.25) is 5.02 Å². The van der Waals surface area contributed by atoms with Crippen molar-refractivity contribution in [1.82, 2.24) is 0 Å². The van der Waals surface area contributed by atoms with Crippen molar-refractivity contribution in [2.45, 2.75) is 19.3 Å². The molecule has 1 fully saturated rings. The highest BCUT2D eigenvalue weighted by Gasteiger charge is 2.47. The number of methoxy groups -OCH3 is 1. The van der Waals surface area contributed by atoms with Gasteiger partial charge in [0.2, 0.25) is 0 Å². The number of hydrogen-bond donors (Lipinski definition) is 1. The summed E-state index contributed by atoms with van der Waals surface area (Å²) in [5, 5.41) is 11.4. The van der Waals surface area contributed by atoms with Crippen LogP contribution in [-0.4, -0.2) is 36.9 Å². The fourth-order valence-corrected chi connectivity index (χ4v) is 4.30. The maximum Gasteiger partial charge on any atom is 0.573 e. The summed E-state index contributed by atoms with van der Waals surface area (Å²) in [5.74, 6) is -2.14. The Morgan fingerprint density at radius 2 is 1.58 bits per heavy atom. The number of aliphatic hydroxyl groups is 1. The van der Waals surface area contributed by atoms with Gasteiger partial charge in [0.1, 0.15) is 23.0 Å². The summed E-state index contributed by atoms with van der Waals surface area (Å²) in [6.07, 6.45) is -4.90. The number of aliphatic hydroxyl groups excluding tert-OH is 1. The topological polar surface area (TPSA) is 85.3 Å². The van der Waals surface area contributed by atoms with Crippen LogP contribution in [-0.2, 0) is 9.59 Å². The summed E-state index contributed by atoms with van der Waals surface area (Å²) < 4.78 is 52.4. The molecule has 1 N–H and O–H groups in total. The van der Waals surface area contributed by atoms with Crippen molar-refractivity contribution >= 4 is 34.7 Å². The summed E-state index contributed by atoms with van der Waals surface area (Å²) in [6.45, 7) is 2.11. The van der Waals surface area contributed by atoms with Crippen LogP contribution in [0, 0.1) is 0 Å². The molecule has 1 aliphatic rings. The monoisotopic (exact) mass is 547 g/mol. The van der Waals surface area contributed by atoms with Gasteiger partial charge >= 0.3 is 6.36 Å². The Kier molecular flexibility index (Phi) is 7.54. The van der Waals surface area contributed by atoms with E-state index in [9.17, 15) is 27.9 Å². The Morgan fingerprint density at radius 1 is 0.974 bits per heavy atom. The molecule has 1 aliphatic heterocycles. The molecule has 0 spiro atoms. The van der Waals surface area contributed by atoms with Crippen LogP contribution in [0.1, 0.15) is 24.1 Å². The Labute approximate surface area is 220 Å². The van der Waals surface area contributed by atoms with Crippen molar-refractivity contribution in [3.63, 3.8) is 0 Å². The van der Waals surface area contributed by atoms with Crippen LogP contribution in [0.25, 0.3) is 5.76 Å². The van der Waals surface area contributed by atoms with Gasteiger partial charge in [-0.15, -0.1) is 13.2 Å². The molecule has 0 bridgehead atoms. The second-order valence-electron chi connectivity index (χ2n) is 8.06. The predicted molar refractivity (Wildman–Crippen MR) is 134 cm³/mol. The minimum Gasteiger partial charge on any atom is -0.507 e. The molecule has 1 amide bonds. The van der Waals surface area contributed by atoms with Gasteiger partial charge in [-0.1, -0.05) is 23.7 Å². The van der Waals surface area contributed by atoms with Crippen LogP contribution in [0.15, 0.2) is 72.3 Å². The highest BCUT2D eigenvalue weighted by Crippen LogP contribution is 2.44. The average Bonchev–Trinajstić information content (AvgIpc) is 3.15. The maximum absolute atomic E-state index is 13.3. The molecule has 4 rings (SSSR count). The fraction of sp³-hybridized carbons (Fsp3) is 0.185. The second-order valence-corrected chi connectivity index (χ2v) is 8.47. The molecule has 0 aromatic heterocycles. The van der Waals surface area contributed by atoms with E-state index in [1.54, 1.807) is 37.3 Å². The molecular formula is C27H21ClF3NO6. The molecule has 198 valence electrons. The number of anilines is 1. The van der Waals surface area contributed by atoms with Crippen LogP contribution in [0.4, 0.5) is 18.9 Å². The van der Waals surface area contributed by atoms with Gasteiger partial charge in [0.05, 0.1) is 30.4 Å². The SMILES string of the molecule is CCOc1ccc(Cl)c(/C(O)=C2\C(=O)C(=O)N(c3ccc(OC(F)(F)F)cc3)C2c2ccc(OC)cc2)c1. The molecule has 1 unspecified atom stereocenters. The number of rotatable bonds is 7. The maximum atomic E-state index is 13.3. The molecule has 0 aliphatic carbocycles. The highest BCUT2D eigenvalue weighted by atomic mass is 35.5. The van der Waals surface area contributed by atoms with Gasteiger partial charge in [0.15, 0.2) is 0 Å². The molecule has 11 heteroatoms. The van der Waals surface area contributed by atoms with Crippen molar-refractivity contribution < 1.29 is 42.1 Å². The van der Waals surface area contributed by atoms with E-state index in [0.717, 1.165) is 17.0 Å². The minimum atomic E-state index is -4.90. The van der Waals surface area contributed by atoms with Crippen LogP contribution in [0.5, 0.6) is 17.2 Å². The smallest absolute Gasteiger partial charge is 0.507 e. The number of amides is 1. The Balaban J connectivity index is 1.88. The lowest BCUT2D eigenvalue weighted by atomic mass is 9.95. The van der Waals surface area contributed by atoms with E-state index < -0.39 is 35.6 Å². The van der Waals surface area contributed by atoms with E-state index in [1.165, 1.54) is 31.4 Å². The van der Waals surface area contributed by atoms with E-state index in [0.29, 0.717) is 23.7 Å². The number of carbonyl (C=O) groups excluding carboxylic acids is 2. The van der Waals surface area contributed by atoms with Crippen LogP contribution >= 0.6 is 11.6 Å². The van der Waals surface area contributed by atoms with E-state index in [4.69, 9.17) is 21.1 Å². The number of nitrogens with zero attached hydrogens (tertiary/aromatic N) is 1. The molecule has 3 aromatic rings. The number of ether oxygens (including phenoxy) is 3. The van der Waals surface area contributed by atoms with Gasteiger partial charge in [-0.25, -0.2) is 0 Å². The predicted octanol–water partition coefficient (Wildman–Crippen LogP) is 6.27. The largest absolute Gasteiger partial charge is 0.573 e. The lowest BCUT2D eigenvalue weighted by Gasteiger charge is -2.26. The van der Waals surface area contributed by atoms with E-state index in [2.05, 4.69) is 4.74 Å². The summed E-state index contributed by atoms with van der Waals surface area (Å²) in [6, 6.07) is 14.3. The van der Waals surface area contributed by atoms with Crippen molar-refractivity contribution in [2.24, 2.45) is 0 Å². The van der Waals surface area contributed by atoms with Crippen molar-refractivity contribution in [1.29, 1.82) is 0 Å². The Hall–Kier alpha value is -4.18. The first kappa shape index (κ1) is 26.9. The number of alkyl halides is 3. The minimum absolute atomic E-state index is 0.0723. The lowest BCUT2D eigenvalue weighted by molar-refractivity contribution is -0.274. The van der Waals surface area contributed by atoms with Gasteiger partial charge < -0.3 is 19.3 Å². The van der Waals surface area contributed by atoms with Gasteiger partial charge in [-0.2, -0.15) is 0 Å². The number of ketones is 1. The summed E-state index contributed by atoms with van der Waals surface area (Å²) in [5.41, 5.74) is 0.351. The standard InChI is InChI=1S/C27H21ClF3NO6/c1-3-37-19-12-13-21(28)20(14-19)24(33)22-23(15-4-8-17(36-2)9-5-15)32(26(35)25(22)34)16-6-10-18(11-7-16)38-27(29,30)31/h4-14,23,33H,3H2,1-2H3/b24-22+. The van der Waals surface area contributed by atoms with E-state index in [-0.39, 0.29) is 21.8 Å². The van der Waals surface area contributed by atoms with E-state index in [1.807, 2.05) is 0 Å². The number of halogens is 4. The van der Waals surface area contributed by atoms with Crippen LogP contribution in [0.3, 0.4) is 0 Å². The average molecular weight is 548 g/mol. The molecule has 38 heavy (non-hydrogen) atoms. The fourth-order valence-electron chi connectivity index (χ4n) is 4.10. The van der Waals surface area contributed by atoms with Gasteiger partial charge in [0, 0.05) is 11.3 Å². The number of Topliss-reactive ketones (excluding diaryl/α,β-unsaturated/α-hetero) is 1. The first-order valence-corrected chi connectivity index (χ1v) is 11.6. The third-order valence-electron chi connectivity index (χ3n) is 5.73. The number of hydrogen-bond acceptors (Lipinski definition) is 6. The molecular weight excluding hydrogens is 527 g/mol. The van der Waals surface area contributed by atoms with Gasteiger partial charge in [0.25, 0.3) is 11.7 Å². The molecule has 0 radical (unpaired) electrons. The normalized spacial score (nSPS) is 17.0. The number of carbonyl (C=O) groups is 2. The van der Waals surface area contributed by atoms with E-state index >= 15 is 0 Å². The van der Waals surface area contributed by atoms with Gasteiger partial charge in [-0.3, -0.25) is 14.5 Å². The van der Waals surface area contributed by atoms with Crippen molar-refractivity contribution in [3.05, 3.63) is 88.5 Å². The third-order valence-corrected chi connectivity index (χ3v) is 6.06. The number of benzene rings is 3. The van der Waals surface area contributed by atoms with Crippen LogP contribution < -0.4 is 19.1 Å². The van der Waals surface area contributed by atoms with Crippen molar-refractivity contribution in [2.75, 3.05) is 18.6 Å². The second kappa shape index (κ2) is 10.7. The Morgan fingerprint density at radius 3 is 2.16 bits per heavy atom. The van der Waals surface area contributed by atoms with Crippen molar-refractivity contribution in [3.8, 4) is 17.2 Å². The molecule has 7 nitrogen and oxygen atoms in total. The first-order chi connectivity index (χ1) is 18.0. The molecule has 0 saturated carbocycles. The quantitative estimate of drug-likeness (QED) is 0.213. The summed E-state index contributed by atoms with van der Waals surface area (Å²) in [7, 11) is 1.47. The first-order valence-electron chi connectivity index (χ1n) is 11.3. The summed E-state index contributed by atoms with van der Waals surface area (Å²) in [4.78, 5) is 27.7. The zero-order valence-corrected chi connectivity index (χ0v) is 20.8. The Bertz CT molecular complexity index is 1390. The molecule has 1 atom stereocenters. The third kappa shape index (κ3) is 5.40. The lowest BCUT2D eigenvalue weighted by Crippen LogP contribution is -2.29. The van der Waals surface area contributed by atoms with Gasteiger partial charge in [-0.05, 0) is 67.1 Å². The molecule has 1 saturated heterocycles.